The Kier molecular flexibility index (Phi) is 6.89. The van der Waals surface area contributed by atoms with Gasteiger partial charge in [-0.3, -0.25) is 4.79 Å². The first-order chi connectivity index (χ1) is 14.3. The second-order valence-electron chi connectivity index (χ2n) is 7.16. The Hall–Kier alpha value is -2.71. The lowest BCUT2D eigenvalue weighted by Crippen LogP contribution is -2.35. The molecule has 1 aliphatic rings. The number of carbonyl (C=O) groups excluding carboxylic acids is 1. The number of benzene rings is 2. The number of sulfonamides is 1. The topological polar surface area (TPSA) is 75.7 Å². The number of carbonyl (C=O) groups is 1. The third kappa shape index (κ3) is 5.06. The Morgan fingerprint density at radius 1 is 1.13 bits per heavy atom. The quantitative estimate of drug-likeness (QED) is 0.701. The maximum Gasteiger partial charge on any atom is 0.248 e. The standard InChI is InChI=1S/C22H25FN2O4S/c1-16-14-18(23)8-9-19(16)24-22(26)11-7-17-6-10-20(29-2)21(15-17)30(27,28)25-12-4-3-5-13-25/h6-11,14-15H,3-5,12-13H2,1-2H3,(H,24,26)/b11-7+. The Balaban J connectivity index is 1.81. The van der Waals surface area contributed by atoms with Gasteiger partial charge in [-0.2, -0.15) is 4.31 Å². The molecule has 0 spiro atoms. The van der Waals surface area contributed by atoms with Crippen LogP contribution < -0.4 is 10.1 Å². The van der Waals surface area contributed by atoms with Gasteiger partial charge in [0.1, 0.15) is 16.5 Å². The maximum absolute atomic E-state index is 13.2. The minimum atomic E-state index is -3.69. The monoisotopic (exact) mass is 432 g/mol. The highest BCUT2D eigenvalue weighted by molar-refractivity contribution is 7.89. The van der Waals surface area contributed by atoms with Crippen LogP contribution in [0.4, 0.5) is 10.1 Å². The summed E-state index contributed by atoms with van der Waals surface area (Å²) in [6, 6.07) is 8.87. The first-order valence-electron chi connectivity index (χ1n) is 9.74. The highest BCUT2D eigenvalue weighted by Crippen LogP contribution is 2.30. The molecule has 0 bridgehead atoms. The minimum absolute atomic E-state index is 0.0869. The van der Waals surface area contributed by atoms with Crippen molar-refractivity contribution in [3.63, 3.8) is 0 Å². The van der Waals surface area contributed by atoms with Crippen molar-refractivity contribution in [3.05, 3.63) is 59.4 Å². The highest BCUT2D eigenvalue weighted by atomic mass is 32.2. The van der Waals surface area contributed by atoms with Crippen LogP contribution in [0.3, 0.4) is 0 Å². The largest absolute Gasteiger partial charge is 0.495 e. The zero-order valence-electron chi connectivity index (χ0n) is 17.0. The molecule has 3 rings (SSSR count). The SMILES string of the molecule is COc1ccc(/C=C/C(=O)Nc2ccc(F)cc2C)cc1S(=O)(=O)N1CCCCC1. The number of ether oxygens (including phenoxy) is 1. The lowest BCUT2D eigenvalue weighted by Gasteiger charge is -2.26. The number of aryl methyl sites for hydroxylation is 1. The van der Waals surface area contributed by atoms with Crippen LogP contribution in [0, 0.1) is 12.7 Å². The molecule has 6 nitrogen and oxygen atoms in total. The molecule has 160 valence electrons. The number of amides is 1. The predicted molar refractivity (Wildman–Crippen MR) is 114 cm³/mol. The van der Waals surface area contributed by atoms with E-state index < -0.39 is 15.9 Å². The van der Waals surface area contributed by atoms with Crippen molar-refractivity contribution in [1.82, 2.24) is 4.31 Å². The van der Waals surface area contributed by atoms with Gasteiger partial charge in [-0.25, -0.2) is 12.8 Å². The van der Waals surface area contributed by atoms with Crippen molar-refractivity contribution < 1.29 is 22.3 Å². The molecule has 2 aromatic carbocycles. The van der Waals surface area contributed by atoms with Gasteiger partial charge in [-0.05, 0) is 67.3 Å². The Morgan fingerprint density at radius 2 is 1.87 bits per heavy atom. The van der Waals surface area contributed by atoms with E-state index in [-0.39, 0.29) is 16.5 Å². The van der Waals surface area contributed by atoms with E-state index in [0.29, 0.717) is 29.9 Å². The number of hydrogen-bond donors (Lipinski definition) is 1. The van der Waals surface area contributed by atoms with Gasteiger partial charge in [0.15, 0.2) is 0 Å². The number of hydrogen-bond acceptors (Lipinski definition) is 4. The Morgan fingerprint density at radius 3 is 2.53 bits per heavy atom. The summed E-state index contributed by atoms with van der Waals surface area (Å²) >= 11 is 0. The number of anilines is 1. The van der Waals surface area contributed by atoms with Gasteiger partial charge in [0.2, 0.25) is 15.9 Å². The van der Waals surface area contributed by atoms with Crippen LogP contribution in [0.5, 0.6) is 5.75 Å². The van der Waals surface area contributed by atoms with Crippen LogP contribution in [0.2, 0.25) is 0 Å². The van der Waals surface area contributed by atoms with E-state index in [2.05, 4.69) is 5.32 Å². The molecule has 1 amide bonds. The molecule has 0 saturated carbocycles. The third-order valence-corrected chi connectivity index (χ3v) is 6.91. The van der Waals surface area contributed by atoms with E-state index in [9.17, 15) is 17.6 Å². The molecule has 1 saturated heterocycles. The number of methoxy groups -OCH3 is 1. The van der Waals surface area contributed by atoms with Gasteiger partial charge in [0.05, 0.1) is 7.11 Å². The number of halogens is 1. The van der Waals surface area contributed by atoms with E-state index in [1.807, 2.05) is 0 Å². The van der Waals surface area contributed by atoms with Crippen molar-refractivity contribution in [2.45, 2.75) is 31.1 Å². The molecular weight excluding hydrogens is 407 g/mol. The molecule has 0 aromatic heterocycles. The smallest absolute Gasteiger partial charge is 0.248 e. The first-order valence-corrected chi connectivity index (χ1v) is 11.2. The predicted octanol–water partition coefficient (Wildman–Crippen LogP) is 3.97. The third-order valence-electron chi connectivity index (χ3n) is 4.99. The molecule has 1 aliphatic heterocycles. The van der Waals surface area contributed by atoms with Gasteiger partial charge in [-0.1, -0.05) is 12.5 Å². The summed E-state index contributed by atoms with van der Waals surface area (Å²) in [4.78, 5) is 12.3. The second kappa shape index (κ2) is 9.40. The summed E-state index contributed by atoms with van der Waals surface area (Å²) in [6.07, 6.45) is 5.54. The first kappa shape index (κ1) is 22.0. The summed E-state index contributed by atoms with van der Waals surface area (Å²) in [5.74, 6) is -0.508. The average molecular weight is 433 g/mol. The molecule has 0 atom stereocenters. The van der Waals surface area contributed by atoms with Crippen LogP contribution in [-0.4, -0.2) is 38.8 Å². The van der Waals surface area contributed by atoms with Crippen LogP contribution in [0.1, 0.15) is 30.4 Å². The van der Waals surface area contributed by atoms with Crippen LogP contribution in [-0.2, 0) is 14.8 Å². The van der Waals surface area contributed by atoms with Crippen molar-refractivity contribution in [2.24, 2.45) is 0 Å². The molecule has 0 radical (unpaired) electrons. The van der Waals surface area contributed by atoms with E-state index in [4.69, 9.17) is 4.74 Å². The lowest BCUT2D eigenvalue weighted by atomic mass is 10.2. The number of nitrogens with one attached hydrogen (secondary N) is 1. The number of rotatable bonds is 6. The van der Waals surface area contributed by atoms with Gasteiger partial charge in [0, 0.05) is 24.9 Å². The zero-order chi connectivity index (χ0) is 21.7. The maximum atomic E-state index is 13.2. The Bertz CT molecular complexity index is 1060. The molecular formula is C22H25FN2O4S. The van der Waals surface area contributed by atoms with Gasteiger partial charge in [0.25, 0.3) is 0 Å². The molecule has 30 heavy (non-hydrogen) atoms. The molecule has 0 unspecified atom stereocenters. The van der Waals surface area contributed by atoms with Crippen LogP contribution in [0.25, 0.3) is 6.08 Å². The fraction of sp³-hybridized carbons (Fsp3) is 0.318. The summed E-state index contributed by atoms with van der Waals surface area (Å²) in [5, 5.41) is 2.68. The van der Waals surface area contributed by atoms with E-state index in [1.54, 1.807) is 19.1 Å². The molecule has 0 aliphatic carbocycles. The summed E-state index contributed by atoms with van der Waals surface area (Å²) < 4.78 is 46.1. The fourth-order valence-corrected chi connectivity index (χ4v) is 5.06. The number of nitrogens with zero attached hydrogens (tertiary/aromatic N) is 1. The van der Waals surface area contributed by atoms with Gasteiger partial charge >= 0.3 is 0 Å². The highest BCUT2D eigenvalue weighted by Gasteiger charge is 2.29. The Labute approximate surface area is 176 Å². The fourth-order valence-electron chi connectivity index (χ4n) is 3.36. The number of piperidine rings is 1. The van der Waals surface area contributed by atoms with Gasteiger partial charge < -0.3 is 10.1 Å². The lowest BCUT2D eigenvalue weighted by molar-refractivity contribution is -0.111. The summed E-state index contributed by atoms with van der Waals surface area (Å²) in [5.41, 5.74) is 1.67. The van der Waals surface area contributed by atoms with Crippen molar-refractivity contribution >= 4 is 27.7 Å². The van der Waals surface area contributed by atoms with Crippen molar-refractivity contribution in [1.29, 1.82) is 0 Å². The molecule has 1 fully saturated rings. The van der Waals surface area contributed by atoms with E-state index in [0.717, 1.165) is 19.3 Å². The normalized spacial score (nSPS) is 15.3. The second-order valence-corrected chi connectivity index (χ2v) is 9.06. The molecule has 8 heteroatoms. The molecule has 1 heterocycles. The van der Waals surface area contributed by atoms with Crippen molar-refractivity contribution in [2.75, 3.05) is 25.5 Å². The average Bonchev–Trinajstić information content (AvgIpc) is 2.74. The van der Waals surface area contributed by atoms with E-state index >= 15 is 0 Å². The zero-order valence-corrected chi connectivity index (χ0v) is 17.8. The minimum Gasteiger partial charge on any atom is -0.495 e. The van der Waals surface area contributed by atoms with Gasteiger partial charge in [-0.15, -0.1) is 0 Å². The summed E-state index contributed by atoms with van der Waals surface area (Å²) in [7, 11) is -2.26. The van der Waals surface area contributed by atoms with Crippen LogP contribution >= 0.6 is 0 Å². The summed E-state index contributed by atoms with van der Waals surface area (Å²) in [6.45, 7) is 2.68. The molecule has 1 N–H and O–H groups in total. The van der Waals surface area contributed by atoms with Crippen LogP contribution in [0.15, 0.2) is 47.4 Å². The molecule has 2 aromatic rings. The van der Waals surface area contributed by atoms with E-state index in [1.165, 1.54) is 47.8 Å². The van der Waals surface area contributed by atoms with Crippen molar-refractivity contribution in [3.8, 4) is 5.75 Å².